The Morgan fingerprint density at radius 3 is 2.41 bits per heavy atom. The predicted octanol–water partition coefficient (Wildman–Crippen LogP) is 3.23. The van der Waals surface area contributed by atoms with Gasteiger partial charge in [0.2, 0.25) is 17.7 Å². The first-order chi connectivity index (χ1) is 18.4. The standard InChI is InChI=1S/C30H45N5O4/c1-19(2)26-28(38)32-21(4)29(39)35-17-9-13-24(34-35)27(37)31-20(3)23-12-7-10-22(18-23)11-8-15-30(5,6)16-14-25(36)33-26/h7-8,10-12,18-21,24,26,34H,9,13-17H2,1-6H3,(H,31,37)(H,32,38)(H,33,36)/b11-8+/t20-,21-,24+,26+/m1/s1. The Labute approximate surface area is 232 Å². The van der Waals surface area contributed by atoms with Crippen molar-refractivity contribution in [1.29, 1.82) is 0 Å². The van der Waals surface area contributed by atoms with Gasteiger partial charge in [0.25, 0.3) is 5.91 Å². The van der Waals surface area contributed by atoms with Crippen molar-refractivity contribution in [2.75, 3.05) is 6.54 Å². The van der Waals surface area contributed by atoms with E-state index < -0.39 is 24.0 Å². The fourth-order valence-electron chi connectivity index (χ4n) is 4.91. The lowest BCUT2D eigenvalue weighted by Gasteiger charge is -2.35. The molecule has 1 saturated heterocycles. The molecular formula is C30H45N5O4. The molecule has 1 aromatic carbocycles. The molecule has 39 heavy (non-hydrogen) atoms. The summed E-state index contributed by atoms with van der Waals surface area (Å²) < 4.78 is 0. The van der Waals surface area contributed by atoms with Gasteiger partial charge in [-0.1, -0.05) is 58.0 Å². The number of rotatable bonds is 1. The maximum absolute atomic E-state index is 13.2. The number of allylic oxidation sites excluding steroid dienone is 1. The molecule has 4 amide bonds. The molecule has 2 heterocycles. The Morgan fingerprint density at radius 2 is 1.69 bits per heavy atom. The smallest absolute Gasteiger partial charge is 0.258 e. The minimum Gasteiger partial charge on any atom is -0.348 e. The van der Waals surface area contributed by atoms with E-state index in [4.69, 9.17) is 0 Å². The average molecular weight is 540 g/mol. The minimum absolute atomic E-state index is 0.112. The van der Waals surface area contributed by atoms with E-state index in [9.17, 15) is 19.2 Å². The molecule has 1 aromatic rings. The van der Waals surface area contributed by atoms with Crippen molar-refractivity contribution in [2.24, 2.45) is 11.3 Å². The van der Waals surface area contributed by atoms with Crippen LogP contribution in [0.4, 0.5) is 0 Å². The van der Waals surface area contributed by atoms with Crippen LogP contribution < -0.4 is 21.4 Å². The van der Waals surface area contributed by atoms with Gasteiger partial charge in [-0.15, -0.1) is 0 Å². The van der Waals surface area contributed by atoms with Crippen LogP contribution in [0.2, 0.25) is 0 Å². The molecule has 4 N–H and O–H groups in total. The zero-order valence-corrected chi connectivity index (χ0v) is 24.2. The van der Waals surface area contributed by atoms with Gasteiger partial charge >= 0.3 is 0 Å². The van der Waals surface area contributed by atoms with Gasteiger partial charge in [-0.2, -0.15) is 0 Å². The summed E-state index contributed by atoms with van der Waals surface area (Å²) in [6.45, 7) is 12.0. The highest BCUT2D eigenvalue weighted by atomic mass is 16.2. The SMILES string of the molecule is CC(C)[C@@H]1NC(=O)CCC(C)(C)C/C=C/c2cccc(c2)[C@@H](C)NC(=O)[C@@H]2CCCN(N2)C(=O)[C@@H](C)NC1=O. The zero-order valence-electron chi connectivity index (χ0n) is 24.2. The van der Waals surface area contributed by atoms with Crippen LogP contribution in [0.15, 0.2) is 30.3 Å². The van der Waals surface area contributed by atoms with E-state index in [0.717, 1.165) is 17.5 Å². The monoisotopic (exact) mass is 539 g/mol. The number of hydrogen-bond acceptors (Lipinski definition) is 5. The maximum Gasteiger partial charge on any atom is 0.258 e. The second-order valence-corrected chi connectivity index (χ2v) is 12.0. The molecule has 9 nitrogen and oxygen atoms in total. The number of nitrogens with one attached hydrogen (secondary N) is 4. The van der Waals surface area contributed by atoms with Crippen LogP contribution in [0.3, 0.4) is 0 Å². The topological polar surface area (TPSA) is 120 Å². The van der Waals surface area contributed by atoms with Crippen molar-refractivity contribution >= 4 is 29.7 Å². The zero-order chi connectivity index (χ0) is 28.7. The van der Waals surface area contributed by atoms with Crippen molar-refractivity contribution < 1.29 is 19.2 Å². The van der Waals surface area contributed by atoms with E-state index in [-0.39, 0.29) is 35.1 Å². The molecule has 1 fully saturated rings. The number of hydrogen-bond donors (Lipinski definition) is 4. The van der Waals surface area contributed by atoms with Crippen molar-refractivity contribution in [2.45, 2.75) is 97.8 Å². The summed E-state index contributed by atoms with van der Waals surface area (Å²) in [6.07, 6.45) is 7.20. The third kappa shape index (κ3) is 8.65. The van der Waals surface area contributed by atoms with E-state index in [1.54, 1.807) is 6.92 Å². The molecule has 0 aromatic heterocycles. The van der Waals surface area contributed by atoms with Crippen molar-refractivity contribution in [3.63, 3.8) is 0 Å². The van der Waals surface area contributed by atoms with Crippen LogP contribution in [0.1, 0.15) is 90.8 Å². The van der Waals surface area contributed by atoms with Gasteiger partial charge in [0, 0.05) is 13.0 Å². The molecule has 0 radical (unpaired) electrons. The summed E-state index contributed by atoms with van der Waals surface area (Å²) >= 11 is 0. The number of amides is 4. The molecule has 0 unspecified atom stereocenters. The highest BCUT2D eigenvalue weighted by Gasteiger charge is 2.33. The summed E-state index contributed by atoms with van der Waals surface area (Å²) in [5.41, 5.74) is 4.97. The van der Waals surface area contributed by atoms with E-state index in [1.807, 2.05) is 39.0 Å². The fourth-order valence-corrected chi connectivity index (χ4v) is 4.91. The maximum atomic E-state index is 13.2. The summed E-state index contributed by atoms with van der Waals surface area (Å²) in [7, 11) is 0. The summed E-state index contributed by atoms with van der Waals surface area (Å²) in [4.78, 5) is 52.2. The Hall–Kier alpha value is -3.20. The molecule has 214 valence electrons. The number of carbonyl (C=O) groups is 4. The van der Waals surface area contributed by atoms with Crippen LogP contribution in [-0.2, 0) is 19.2 Å². The van der Waals surface area contributed by atoms with Crippen molar-refractivity contribution in [3.8, 4) is 0 Å². The second kappa shape index (κ2) is 13.2. The van der Waals surface area contributed by atoms with Gasteiger partial charge in [-0.05, 0) is 68.1 Å². The van der Waals surface area contributed by atoms with Gasteiger partial charge in [-0.3, -0.25) is 24.2 Å². The number of carbonyl (C=O) groups excluding carboxylic acids is 4. The van der Waals surface area contributed by atoms with Gasteiger partial charge in [0.15, 0.2) is 0 Å². The third-order valence-electron chi connectivity index (χ3n) is 7.54. The Kier molecular flexibility index (Phi) is 10.3. The van der Waals surface area contributed by atoms with Gasteiger partial charge in [0.05, 0.1) is 6.04 Å². The van der Waals surface area contributed by atoms with Crippen LogP contribution >= 0.6 is 0 Å². The number of hydrazine groups is 1. The lowest BCUT2D eigenvalue weighted by atomic mass is 9.84. The molecular weight excluding hydrogens is 494 g/mol. The summed E-state index contributed by atoms with van der Waals surface area (Å²) in [5, 5.41) is 10.1. The Balaban J connectivity index is 1.85. The fraction of sp³-hybridized carbons (Fsp3) is 0.600. The van der Waals surface area contributed by atoms with E-state index in [1.165, 1.54) is 5.01 Å². The Morgan fingerprint density at radius 1 is 0.974 bits per heavy atom. The predicted molar refractivity (Wildman–Crippen MR) is 152 cm³/mol. The first kappa shape index (κ1) is 30.3. The van der Waals surface area contributed by atoms with Gasteiger partial charge < -0.3 is 16.0 Å². The lowest BCUT2D eigenvalue weighted by Crippen LogP contribution is -2.62. The number of nitrogens with zero attached hydrogens (tertiary/aromatic N) is 1. The third-order valence-corrected chi connectivity index (χ3v) is 7.54. The summed E-state index contributed by atoms with van der Waals surface area (Å²) in [5.74, 6) is -1.24. The quantitative estimate of drug-likeness (QED) is 0.437. The normalized spacial score (nSPS) is 28.4. The molecule has 2 aliphatic rings. The van der Waals surface area contributed by atoms with Gasteiger partial charge in [-0.25, -0.2) is 5.43 Å². The molecule has 9 heteroatoms. The molecule has 4 bridgehead atoms. The molecule has 4 atom stereocenters. The van der Waals surface area contributed by atoms with Gasteiger partial charge in [0.1, 0.15) is 18.1 Å². The van der Waals surface area contributed by atoms with Crippen LogP contribution in [0.5, 0.6) is 0 Å². The van der Waals surface area contributed by atoms with Crippen molar-refractivity contribution in [3.05, 3.63) is 41.5 Å². The Bertz CT molecular complexity index is 1080. The first-order valence-corrected chi connectivity index (χ1v) is 14.1. The molecule has 0 spiro atoms. The van der Waals surface area contributed by atoms with Crippen LogP contribution in [0.25, 0.3) is 6.08 Å². The van der Waals surface area contributed by atoms with Crippen LogP contribution in [-0.4, -0.2) is 53.3 Å². The highest BCUT2D eigenvalue weighted by Crippen LogP contribution is 2.28. The molecule has 2 aliphatic heterocycles. The second-order valence-electron chi connectivity index (χ2n) is 12.0. The largest absolute Gasteiger partial charge is 0.348 e. The number of fused-ring (bicyclic) bond motifs is 4. The van der Waals surface area contributed by atoms with E-state index in [2.05, 4.69) is 53.4 Å². The van der Waals surface area contributed by atoms with E-state index >= 15 is 0 Å². The average Bonchev–Trinajstić information content (AvgIpc) is 2.89. The van der Waals surface area contributed by atoms with Crippen LogP contribution in [0, 0.1) is 11.3 Å². The molecule has 0 saturated carbocycles. The minimum atomic E-state index is -0.824. The highest BCUT2D eigenvalue weighted by molar-refractivity contribution is 5.92. The lowest BCUT2D eigenvalue weighted by molar-refractivity contribution is -0.143. The van der Waals surface area contributed by atoms with Crippen molar-refractivity contribution in [1.82, 2.24) is 26.4 Å². The molecule has 0 aliphatic carbocycles. The number of benzene rings is 1. The summed E-state index contributed by atoms with van der Waals surface area (Å²) in [6, 6.07) is 5.71. The van der Waals surface area contributed by atoms with E-state index in [0.29, 0.717) is 32.2 Å². The molecule has 3 rings (SSSR count). The first-order valence-electron chi connectivity index (χ1n) is 14.1.